The molecule has 0 spiro atoms. The molecule has 1 aromatic heterocycles. The first-order valence-corrected chi connectivity index (χ1v) is 10.3. The first-order chi connectivity index (χ1) is 13.3. The van der Waals surface area contributed by atoms with Crippen molar-refractivity contribution in [2.24, 2.45) is 0 Å². The van der Waals surface area contributed by atoms with Gasteiger partial charge in [-0.3, -0.25) is 0 Å². The van der Waals surface area contributed by atoms with Crippen LogP contribution < -0.4 is 4.74 Å². The zero-order chi connectivity index (χ0) is 20.5. The van der Waals surface area contributed by atoms with Gasteiger partial charge in [-0.05, 0) is 50.2 Å². The Morgan fingerprint density at radius 2 is 1.79 bits per heavy atom. The van der Waals surface area contributed by atoms with Crippen molar-refractivity contribution in [3.05, 3.63) is 66.1 Å². The van der Waals surface area contributed by atoms with E-state index >= 15 is 0 Å². The maximum Gasteiger partial charge on any atom is 0.242 e. The van der Waals surface area contributed by atoms with E-state index < -0.39 is 10.0 Å². The molecule has 0 aliphatic carbocycles. The zero-order valence-corrected chi connectivity index (χ0v) is 17.1. The number of benzene rings is 2. The van der Waals surface area contributed by atoms with E-state index in [2.05, 4.69) is 0 Å². The molecule has 0 radical (unpaired) electrons. The number of allylic oxidation sites excluding steroid dienone is 2. The Kier molecular flexibility index (Phi) is 5.58. The van der Waals surface area contributed by atoms with E-state index in [9.17, 15) is 12.8 Å². The molecule has 3 rings (SSSR count). The minimum absolute atomic E-state index is 0.131. The van der Waals surface area contributed by atoms with Crippen LogP contribution in [0, 0.1) is 6.92 Å². The number of hydrogen-bond acceptors (Lipinski definition) is 3. The first kappa shape index (κ1) is 20.1. The molecular weight excluding hydrogens is 379 g/mol. The second-order valence-electron chi connectivity index (χ2n) is 6.61. The molecular formula is C21H23FN2O3S. The van der Waals surface area contributed by atoms with Crippen molar-refractivity contribution in [3.8, 4) is 11.5 Å². The predicted octanol–water partition coefficient (Wildman–Crippen LogP) is 4.87. The molecule has 0 N–H and O–H groups in total. The third kappa shape index (κ3) is 3.68. The fourth-order valence-electron chi connectivity index (χ4n) is 2.98. The van der Waals surface area contributed by atoms with Gasteiger partial charge in [-0.1, -0.05) is 18.2 Å². The van der Waals surface area contributed by atoms with Gasteiger partial charge in [-0.25, -0.2) is 17.1 Å². The molecule has 0 atom stereocenters. The van der Waals surface area contributed by atoms with E-state index in [1.807, 2.05) is 35.8 Å². The summed E-state index contributed by atoms with van der Waals surface area (Å²) in [6.45, 7) is 3.67. The fourth-order valence-corrected chi connectivity index (χ4v) is 3.88. The van der Waals surface area contributed by atoms with Gasteiger partial charge in [0.1, 0.15) is 11.6 Å². The molecule has 2 aromatic carbocycles. The smallest absolute Gasteiger partial charge is 0.242 e. The number of fused-ring (bicyclic) bond motifs is 1. The van der Waals surface area contributed by atoms with Gasteiger partial charge in [0.2, 0.25) is 10.0 Å². The van der Waals surface area contributed by atoms with Crippen LogP contribution in [0.2, 0.25) is 0 Å². The Morgan fingerprint density at radius 3 is 2.39 bits per heavy atom. The Labute approximate surface area is 164 Å². The van der Waals surface area contributed by atoms with Gasteiger partial charge < -0.3 is 9.30 Å². The molecule has 5 nitrogen and oxygen atoms in total. The summed E-state index contributed by atoms with van der Waals surface area (Å²) in [5, 5.41) is 0.869. The fraction of sp³-hybridized carbons (Fsp3) is 0.238. The summed E-state index contributed by atoms with van der Waals surface area (Å²) in [4.78, 5) is 0.194. The number of ether oxygens (including phenoxy) is 1. The average Bonchev–Trinajstić information content (AvgIpc) is 2.94. The van der Waals surface area contributed by atoms with Gasteiger partial charge in [-0.15, -0.1) is 0 Å². The van der Waals surface area contributed by atoms with Crippen molar-refractivity contribution in [1.29, 1.82) is 0 Å². The molecule has 1 heterocycles. The standard InChI is InChI=1S/C21H23FN2O3S/c1-5-16(22)14-24-15(2)21(19-8-6-7-9-20(19)24)27-17-10-12-18(13-11-17)28(25,26)23(3)4/h5-13H,14H2,1-4H3/b16-5-. The summed E-state index contributed by atoms with van der Waals surface area (Å²) in [5.74, 6) is 0.909. The number of hydrogen-bond donors (Lipinski definition) is 0. The number of para-hydroxylation sites is 1. The lowest BCUT2D eigenvalue weighted by Gasteiger charge is -2.12. The van der Waals surface area contributed by atoms with Crippen LogP contribution in [-0.2, 0) is 16.6 Å². The maximum atomic E-state index is 13.9. The summed E-state index contributed by atoms with van der Waals surface area (Å²) >= 11 is 0. The van der Waals surface area contributed by atoms with Gasteiger partial charge in [0.25, 0.3) is 0 Å². The van der Waals surface area contributed by atoms with E-state index in [0.29, 0.717) is 11.5 Å². The van der Waals surface area contributed by atoms with Crippen LogP contribution in [0.25, 0.3) is 10.9 Å². The van der Waals surface area contributed by atoms with E-state index in [1.54, 1.807) is 19.1 Å². The number of halogens is 1. The second-order valence-corrected chi connectivity index (χ2v) is 8.77. The summed E-state index contributed by atoms with van der Waals surface area (Å²) in [6.07, 6.45) is 1.44. The first-order valence-electron chi connectivity index (χ1n) is 8.84. The molecule has 0 saturated heterocycles. The molecule has 3 aromatic rings. The lowest BCUT2D eigenvalue weighted by molar-refractivity contribution is 0.477. The monoisotopic (exact) mass is 402 g/mol. The molecule has 0 aliphatic rings. The van der Waals surface area contributed by atoms with Crippen LogP contribution >= 0.6 is 0 Å². The minimum Gasteiger partial charge on any atom is -0.455 e. The Hall–Kier alpha value is -2.64. The van der Waals surface area contributed by atoms with Crippen molar-refractivity contribution in [3.63, 3.8) is 0 Å². The Balaban J connectivity index is 2.00. The zero-order valence-electron chi connectivity index (χ0n) is 16.3. The molecule has 148 valence electrons. The van der Waals surface area contributed by atoms with Crippen molar-refractivity contribution >= 4 is 20.9 Å². The SMILES string of the molecule is C/C=C(\F)Cn1c(C)c(Oc2ccc(S(=O)(=O)N(C)C)cc2)c2ccccc21. The van der Waals surface area contributed by atoms with E-state index in [0.717, 1.165) is 20.9 Å². The van der Waals surface area contributed by atoms with Crippen LogP contribution in [0.5, 0.6) is 11.5 Å². The largest absolute Gasteiger partial charge is 0.455 e. The number of nitrogens with zero attached hydrogens (tertiary/aromatic N) is 2. The molecule has 7 heteroatoms. The summed E-state index contributed by atoms with van der Waals surface area (Å²) in [7, 11) is -0.520. The lowest BCUT2D eigenvalue weighted by atomic mass is 10.2. The Morgan fingerprint density at radius 1 is 1.14 bits per heavy atom. The quantitative estimate of drug-likeness (QED) is 0.591. The summed E-state index contributed by atoms with van der Waals surface area (Å²) < 4.78 is 47.4. The van der Waals surface area contributed by atoms with E-state index in [1.165, 1.54) is 32.3 Å². The normalized spacial score (nSPS) is 12.7. The van der Waals surface area contributed by atoms with Gasteiger partial charge in [0.05, 0.1) is 22.7 Å². The second kappa shape index (κ2) is 7.77. The lowest BCUT2D eigenvalue weighted by Crippen LogP contribution is -2.22. The number of rotatable bonds is 6. The summed E-state index contributed by atoms with van der Waals surface area (Å²) in [6, 6.07) is 13.9. The van der Waals surface area contributed by atoms with Gasteiger partial charge in [0, 0.05) is 19.5 Å². The molecule has 28 heavy (non-hydrogen) atoms. The van der Waals surface area contributed by atoms with E-state index in [4.69, 9.17) is 4.74 Å². The van der Waals surface area contributed by atoms with Crippen molar-refractivity contribution in [2.75, 3.05) is 14.1 Å². The highest BCUT2D eigenvalue weighted by Gasteiger charge is 2.19. The highest BCUT2D eigenvalue weighted by Crippen LogP contribution is 2.36. The average molecular weight is 402 g/mol. The minimum atomic E-state index is -3.50. The molecule has 0 fully saturated rings. The molecule has 0 amide bonds. The van der Waals surface area contributed by atoms with Crippen LogP contribution in [0.3, 0.4) is 0 Å². The Bertz CT molecular complexity index is 1130. The molecule has 0 aliphatic heterocycles. The number of aromatic nitrogens is 1. The molecule has 0 bridgehead atoms. The van der Waals surface area contributed by atoms with Crippen molar-refractivity contribution < 1.29 is 17.5 Å². The van der Waals surface area contributed by atoms with Crippen LogP contribution in [-0.4, -0.2) is 31.4 Å². The van der Waals surface area contributed by atoms with Gasteiger partial charge in [-0.2, -0.15) is 0 Å². The predicted molar refractivity (Wildman–Crippen MR) is 109 cm³/mol. The van der Waals surface area contributed by atoms with Crippen LogP contribution in [0.1, 0.15) is 12.6 Å². The molecule has 0 unspecified atom stereocenters. The van der Waals surface area contributed by atoms with Gasteiger partial charge >= 0.3 is 0 Å². The maximum absolute atomic E-state index is 13.9. The van der Waals surface area contributed by atoms with E-state index in [-0.39, 0.29) is 17.3 Å². The highest BCUT2D eigenvalue weighted by atomic mass is 32.2. The van der Waals surface area contributed by atoms with Gasteiger partial charge in [0.15, 0.2) is 5.75 Å². The topological polar surface area (TPSA) is 51.5 Å². The van der Waals surface area contributed by atoms with Crippen LogP contribution in [0.4, 0.5) is 4.39 Å². The van der Waals surface area contributed by atoms with Crippen LogP contribution in [0.15, 0.2) is 65.3 Å². The summed E-state index contributed by atoms with van der Waals surface area (Å²) in [5.41, 5.74) is 1.67. The third-order valence-electron chi connectivity index (χ3n) is 4.62. The molecule has 0 saturated carbocycles. The number of sulfonamides is 1. The van der Waals surface area contributed by atoms with Crippen molar-refractivity contribution in [1.82, 2.24) is 8.87 Å². The van der Waals surface area contributed by atoms with Crippen molar-refractivity contribution in [2.45, 2.75) is 25.3 Å². The highest BCUT2D eigenvalue weighted by molar-refractivity contribution is 7.89. The third-order valence-corrected chi connectivity index (χ3v) is 6.45.